The smallest absolute Gasteiger partial charge is 0.0254 e. The molecule has 0 aliphatic carbocycles. The van der Waals surface area contributed by atoms with Gasteiger partial charge in [0.25, 0.3) is 0 Å². The summed E-state index contributed by atoms with van der Waals surface area (Å²) in [7, 11) is 0. The Balaban J connectivity index is 0. The molecule has 0 nitrogen and oxygen atoms in total. The molecule has 1 aromatic carbocycles. The van der Waals surface area contributed by atoms with Crippen molar-refractivity contribution < 1.29 is 36.5 Å². The molecule has 1 aromatic rings. The molecular formula is C6H4Br2Zn-. The Morgan fingerprint density at radius 1 is 1.33 bits per heavy atom. The van der Waals surface area contributed by atoms with E-state index < -0.39 is 0 Å². The van der Waals surface area contributed by atoms with Crippen LogP contribution in [0.15, 0.2) is 28.7 Å². The van der Waals surface area contributed by atoms with E-state index in [4.69, 9.17) is 0 Å². The molecule has 0 fully saturated rings. The average Bonchev–Trinajstić information content (AvgIpc) is 1.69. The van der Waals surface area contributed by atoms with Gasteiger partial charge in [-0.2, -0.15) is 0 Å². The normalized spacial score (nSPS) is 6.78. The van der Waals surface area contributed by atoms with Crippen molar-refractivity contribution in [1.82, 2.24) is 0 Å². The Labute approximate surface area is 86.7 Å². The van der Waals surface area contributed by atoms with Gasteiger partial charge in [-0.3, -0.25) is 0 Å². The molecule has 0 aliphatic rings. The summed E-state index contributed by atoms with van der Waals surface area (Å²) in [6, 6.07) is 10.7. The first-order chi connectivity index (χ1) is 3.39. The standard InChI is InChI=1S/C6H4Br.BrH.Zn/c7-6-4-2-1-3-5-6;;/h1-4H;1H;/p-1. The van der Waals surface area contributed by atoms with Crippen LogP contribution >= 0.6 is 15.9 Å². The number of halogens is 2. The second kappa shape index (κ2) is 6.92. The fraction of sp³-hybridized carbons (Fsp3) is 0. The average molecular weight is 301 g/mol. The predicted octanol–water partition coefficient (Wildman–Crippen LogP) is -0.749. The van der Waals surface area contributed by atoms with Gasteiger partial charge in [0.05, 0.1) is 0 Å². The number of rotatable bonds is 0. The van der Waals surface area contributed by atoms with Crippen LogP contribution in [-0.4, -0.2) is 0 Å². The van der Waals surface area contributed by atoms with Crippen LogP contribution in [0.5, 0.6) is 0 Å². The minimum atomic E-state index is 0. The molecule has 0 aliphatic heterocycles. The van der Waals surface area contributed by atoms with Gasteiger partial charge in [0.15, 0.2) is 0 Å². The summed E-state index contributed by atoms with van der Waals surface area (Å²) in [4.78, 5) is 0. The SMILES string of the molecule is Brc1[c]cccc1.[Br-].[Zn]. The van der Waals surface area contributed by atoms with Gasteiger partial charge in [-0.1, -0.05) is 34.1 Å². The molecule has 9 heavy (non-hydrogen) atoms. The van der Waals surface area contributed by atoms with Crippen LogP contribution in [-0.2, 0) is 19.5 Å². The van der Waals surface area contributed by atoms with Gasteiger partial charge in [0.2, 0.25) is 0 Å². The van der Waals surface area contributed by atoms with Crippen LogP contribution in [0.3, 0.4) is 0 Å². The van der Waals surface area contributed by atoms with E-state index in [0.717, 1.165) is 4.47 Å². The largest absolute Gasteiger partial charge is 1.00 e. The molecular weight excluding hydrogens is 297 g/mol. The second-order valence-corrected chi connectivity index (χ2v) is 2.06. The predicted molar refractivity (Wildman–Crippen MR) is 33.0 cm³/mol. The number of hydrogen-bond acceptors (Lipinski definition) is 0. The summed E-state index contributed by atoms with van der Waals surface area (Å²) >= 11 is 3.26. The van der Waals surface area contributed by atoms with E-state index in [2.05, 4.69) is 22.0 Å². The molecule has 0 amide bonds. The van der Waals surface area contributed by atoms with Crippen molar-refractivity contribution in [2.24, 2.45) is 0 Å². The molecule has 0 bridgehead atoms. The van der Waals surface area contributed by atoms with Crippen LogP contribution in [0.1, 0.15) is 0 Å². The maximum Gasteiger partial charge on any atom is 0.0254 e. The summed E-state index contributed by atoms with van der Waals surface area (Å²) in [5, 5.41) is 0. The monoisotopic (exact) mass is 298 g/mol. The quantitative estimate of drug-likeness (QED) is 0.553. The van der Waals surface area contributed by atoms with E-state index in [1.165, 1.54) is 0 Å². The third kappa shape index (κ3) is 5.26. The summed E-state index contributed by atoms with van der Waals surface area (Å²) in [6.45, 7) is 0. The Morgan fingerprint density at radius 3 is 2.22 bits per heavy atom. The molecule has 0 spiro atoms. The van der Waals surface area contributed by atoms with Crippen LogP contribution in [0.4, 0.5) is 0 Å². The Hall–Kier alpha value is 0.803. The third-order valence-electron chi connectivity index (χ3n) is 0.671. The Bertz CT molecular complexity index is 141. The zero-order chi connectivity index (χ0) is 5.11. The van der Waals surface area contributed by atoms with Crippen LogP contribution in [0.25, 0.3) is 0 Å². The van der Waals surface area contributed by atoms with Crippen molar-refractivity contribution in [3.63, 3.8) is 0 Å². The minimum absolute atomic E-state index is 0. The van der Waals surface area contributed by atoms with Crippen LogP contribution in [0, 0.1) is 6.07 Å². The molecule has 0 unspecified atom stereocenters. The van der Waals surface area contributed by atoms with Crippen molar-refractivity contribution >= 4 is 15.9 Å². The van der Waals surface area contributed by atoms with Crippen molar-refractivity contribution in [1.29, 1.82) is 0 Å². The van der Waals surface area contributed by atoms with E-state index in [0.29, 0.717) is 0 Å². The van der Waals surface area contributed by atoms with E-state index in [1.807, 2.05) is 24.3 Å². The van der Waals surface area contributed by atoms with E-state index in [-0.39, 0.29) is 36.5 Å². The van der Waals surface area contributed by atoms with Gasteiger partial charge in [0.1, 0.15) is 0 Å². The minimum Gasteiger partial charge on any atom is -1.00 e. The van der Waals surface area contributed by atoms with Crippen molar-refractivity contribution in [2.45, 2.75) is 0 Å². The Morgan fingerprint density at radius 2 is 2.00 bits per heavy atom. The summed E-state index contributed by atoms with van der Waals surface area (Å²) < 4.78 is 1.01. The molecule has 3 heteroatoms. The molecule has 1 rings (SSSR count). The fourth-order valence-electron chi connectivity index (χ4n) is 0.371. The van der Waals surface area contributed by atoms with Crippen molar-refractivity contribution in [3.8, 4) is 0 Å². The van der Waals surface area contributed by atoms with Gasteiger partial charge in [-0.05, 0) is 12.1 Å². The van der Waals surface area contributed by atoms with Gasteiger partial charge in [-0.25, -0.2) is 0 Å². The van der Waals surface area contributed by atoms with Crippen LogP contribution in [0.2, 0.25) is 0 Å². The molecule has 0 atom stereocenters. The van der Waals surface area contributed by atoms with E-state index in [1.54, 1.807) is 0 Å². The van der Waals surface area contributed by atoms with Gasteiger partial charge < -0.3 is 17.0 Å². The zero-order valence-electron chi connectivity index (χ0n) is 4.77. The summed E-state index contributed by atoms with van der Waals surface area (Å²) in [5.41, 5.74) is 0. The first-order valence-electron chi connectivity index (χ1n) is 2.02. The van der Waals surface area contributed by atoms with Gasteiger partial charge in [-0.15, -0.1) is 0 Å². The number of hydrogen-bond donors (Lipinski definition) is 0. The van der Waals surface area contributed by atoms with Crippen molar-refractivity contribution in [3.05, 3.63) is 34.8 Å². The van der Waals surface area contributed by atoms with Crippen LogP contribution < -0.4 is 17.0 Å². The van der Waals surface area contributed by atoms with E-state index in [9.17, 15) is 0 Å². The maximum absolute atomic E-state index is 3.26. The molecule has 0 aromatic heterocycles. The van der Waals surface area contributed by atoms with Gasteiger partial charge >= 0.3 is 0 Å². The molecule has 0 saturated carbocycles. The first kappa shape index (κ1) is 12.5. The number of benzene rings is 1. The van der Waals surface area contributed by atoms with Gasteiger partial charge in [0, 0.05) is 24.0 Å². The topological polar surface area (TPSA) is 0 Å². The Kier molecular flexibility index (Phi) is 9.59. The third-order valence-corrected chi connectivity index (χ3v) is 1.16. The maximum atomic E-state index is 3.26. The second-order valence-electron chi connectivity index (χ2n) is 1.21. The molecule has 45 valence electrons. The fourth-order valence-corrected chi connectivity index (χ4v) is 0.656. The zero-order valence-corrected chi connectivity index (χ0v) is 10.9. The summed E-state index contributed by atoms with van der Waals surface area (Å²) in [6.07, 6.45) is 0. The molecule has 0 saturated heterocycles. The van der Waals surface area contributed by atoms with Crippen molar-refractivity contribution in [2.75, 3.05) is 0 Å². The van der Waals surface area contributed by atoms with E-state index >= 15 is 0 Å². The molecule has 0 N–H and O–H groups in total. The molecule has 0 heterocycles. The summed E-state index contributed by atoms with van der Waals surface area (Å²) in [5.74, 6) is 0. The first-order valence-corrected chi connectivity index (χ1v) is 2.81. The molecule has 1 radical (unpaired) electrons.